The number of nitrogens with one attached hydrogen (secondary N) is 2. The van der Waals surface area contributed by atoms with Gasteiger partial charge in [0.1, 0.15) is 0 Å². The van der Waals surface area contributed by atoms with E-state index < -0.39 is 0 Å². The van der Waals surface area contributed by atoms with Crippen molar-refractivity contribution >= 4 is 17.8 Å². The molecule has 0 radical (unpaired) electrons. The van der Waals surface area contributed by atoms with Gasteiger partial charge in [0, 0.05) is 46.1 Å². The van der Waals surface area contributed by atoms with Crippen LogP contribution >= 0.6 is 0 Å². The number of hydrogen-bond donors (Lipinski definition) is 2. The molecule has 2 amide bonds. The average Bonchev–Trinajstić information content (AvgIpc) is 2.69. The molecule has 7 nitrogen and oxygen atoms in total. The molecule has 0 spiro atoms. The number of rotatable bonds is 9. The Bertz CT molecular complexity index is 617. The molecule has 1 aromatic carbocycles. The number of benzene rings is 1. The van der Waals surface area contributed by atoms with Gasteiger partial charge in [-0.05, 0) is 25.3 Å². The molecule has 0 aromatic heterocycles. The normalized spacial score (nSPS) is 16.4. The molecule has 1 aliphatic rings. The molecule has 2 rings (SSSR count). The van der Waals surface area contributed by atoms with E-state index in [9.17, 15) is 9.59 Å². The Balaban J connectivity index is 1.59. The van der Waals surface area contributed by atoms with Gasteiger partial charge in [0.05, 0.1) is 6.10 Å². The first-order valence-corrected chi connectivity index (χ1v) is 9.56. The number of imide groups is 1. The lowest BCUT2D eigenvalue weighted by Gasteiger charge is -2.25. The fourth-order valence-electron chi connectivity index (χ4n) is 2.92. The van der Waals surface area contributed by atoms with Crippen LogP contribution in [0.25, 0.3) is 0 Å². The van der Waals surface area contributed by atoms with Gasteiger partial charge < -0.3 is 15.4 Å². The van der Waals surface area contributed by atoms with E-state index in [-0.39, 0.29) is 17.9 Å². The number of ether oxygens (including phenoxy) is 1. The Morgan fingerprint density at radius 2 is 1.81 bits per heavy atom. The number of piperidine rings is 1. The van der Waals surface area contributed by atoms with E-state index in [0.717, 1.165) is 13.0 Å². The Morgan fingerprint density at radius 3 is 2.48 bits per heavy atom. The smallest absolute Gasteiger partial charge is 0.229 e. The van der Waals surface area contributed by atoms with Gasteiger partial charge in [-0.25, -0.2) is 0 Å². The van der Waals surface area contributed by atoms with Crippen molar-refractivity contribution in [2.24, 2.45) is 4.99 Å². The van der Waals surface area contributed by atoms with E-state index in [1.54, 1.807) is 7.05 Å². The van der Waals surface area contributed by atoms with Gasteiger partial charge >= 0.3 is 0 Å². The minimum atomic E-state index is -0.0827. The van der Waals surface area contributed by atoms with Gasteiger partial charge in [-0.15, -0.1) is 0 Å². The lowest BCUT2D eigenvalue weighted by Crippen LogP contribution is -2.46. The van der Waals surface area contributed by atoms with Crippen LogP contribution in [0.1, 0.15) is 44.3 Å². The summed E-state index contributed by atoms with van der Waals surface area (Å²) in [7, 11) is 1.69. The molecule has 0 saturated carbocycles. The van der Waals surface area contributed by atoms with Crippen LogP contribution in [0.2, 0.25) is 0 Å². The highest BCUT2D eigenvalue weighted by Crippen LogP contribution is 2.15. The summed E-state index contributed by atoms with van der Waals surface area (Å²) in [4.78, 5) is 29.0. The van der Waals surface area contributed by atoms with E-state index in [0.29, 0.717) is 44.9 Å². The van der Waals surface area contributed by atoms with E-state index in [2.05, 4.69) is 27.8 Å². The van der Waals surface area contributed by atoms with Crippen molar-refractivity contribution in [2.75, 3.05) is 33.3 Å². The highest BCUT2D eigenvalue weighted by Gasteiger charge is 2.25. The Labute approximate surface area is 161 Å². The summed E-state index contributed by atoms with van der Waals surface area (Å²) >= 11 is 0. The van der Waals surface area contributed by atoms with E-state index >= 15 is 0 Å². The molecule has 0 aliphatic carbocycles. The maximum Gasteiger partial charge on any atom is 0.229 e. The summed E-state index contributed by atoms with van der Waals surface area (Å²) in [5.41, 5.74) is 1.17. The third-order valence-corrected chi connectivity index (χ3v) is 4.49. The fourth-order valence-corrected chi connectivity index (χ4v) is 2.92. The molecule has 2 N–H and O–H groups in total. The van der Waals surface area contributed by atoms with Crippen LogP contribution in [0, 0.1) is 0 Å². The van der Waals surface area contributed by atoms with Crippen molar-refractivity contribution < 1.29 is 14.3 Å². The van der Waals surface area contributed by atoms with E-state index in [4.69, 9.17) is 4.74 Å². The van der Waals surface area contributed by atoms with Gasteiger partial charge in [-0.1, -0.05) is 30.3 Å². The van der Waals surface area contributed by atoms with Crippen molar-refractivity contribution in [1.29, 1.82) is 0 Å². The molecule has 148 valence electrons. The van der Waals surface area contributed by atoms with Crippen LogP contribution < -0.4 is 10.6 Å². The first-order valence-electron chi connectivity index (χ1n) is 9.56. The number of guanidine groups is 1. The highest BCUT2D eigenvalue weighted by atomic mass is 16.5. The number of nitrogens with zero attached hydrogens (tertiary/aromatic N) is 2. The quantitative estimate of drug-likeness (QED) is 0.298. The van der Waals surface area contributed by atoms with E-state index in [1.807, 2.05) is 25.1 Å². The van der Waals surface area contributed by atoms with Crippen molar-refractivity contribution in [1.82, 2.24) is 15.5 Å². The number of carbonyl (C=O) groups excluding carboxylic acids is 2. The molecule has 0 bridgehead atoms. The summed E-state index contributed by atoms with van der Waals surface area (Å²) in [6.07, 6.45) is 2.50. The topological polar surface area (TPSA) is 83.0 Å². The summed E-state index contributed by atoms with van der Waals surface area (Å²) in [5.74, 6) is 0.490. The van der Waals surface area contributed by atoms with Crippen LogP contribution in [0.3, 0.4) is 0 Å². The number of hydrogen-bond acceptors (Lipinski definition) is 4. The summed E-state index contributed by atoms with van der Waals surface area (Å²) < 4.78 is 5.85. The molecular formula is C20H30N4O3. The molecule has 7 heteroatoms. The summed E-state index contributed by atoms with van der Waals surface area (Å²) in [5, 5.41) is 6.35. The average molecular weight is 374 g/mol. The maximum absolute atomic E-state index is 11.8. The second-order valence-corrected chi connectivity index (χ2v) is 6.50. The molecular weight excluding hydrogens is 344 g/mol. The number of amides is 2. The van der Waals surface area contributed by atoms with Crippen molar-refractivity contribution in [3.05, 3.63) is 35.9 Å². The molecule has 1 atom stereocenters. The minimum absolute atomic E-state index is 0.0725. The van der Waals surface area contributed by atoms with Gasteiger partial charge in [-0.3, -0.25) is 19.5 Å². The molecule has 1 saturated heterocycles. The predicted molar refractivity (Wildman–Crippen MR) is 105 cm³/mol. The highest BCUT2D eigenvalue weighted by molar-refractivity contribution is 5.97. The van der Waals surface area contributed by atoms with Crippen molar-refractivity contribution in [3.63, 3.8) is 0 Å². The van der Waals surface area contributed by atoms with Gasteiger partial charge in [0.2, 0.25) is 11.8 Å². The SMILES string of the molecule is CN=C(NCCCOC(C)c1ccccc1)NCCN1C(=O)CCCC1=O. The van der Waals surface area contributed by atoms with Crippen molar-refractivity contribution in [2.45, 2.75) is 38.7 Å². The third-order valence-electron chi connectivity index (χ3n) is 4.49. The fraction of sp³-hybridized carbons (Fsp3) is 0.550. The Kier molecular flexibility index (Phi) is 8.77. The first kappa shape index (κ1) is 20.9. The standard InChI is InChI=1S/C20H30N4O3/c1-16(17-8-4-3-5-9-17)27-15-7-12-22-20(21-2)23-13-14-24-18(25)10-6-11-19(24)26/h3-5,8-9,16H,6-7,10-15H2,1-2H3,(H2,21,22,23). The van der Waals surface area contributed by atoms with Crippen LogP contribution in [0.5, 0.6) is 0 Å². The zero-order chi connectivity index (χ0) is 19.5. The molecule has 1 aliphatic heterocycles. The number of carbonyl (C=O) groups is 2. The lowest BCUT2D eigenvalue weighted by atomic mass is 10.1. The first-order chi connectivity index (χ1) is 13.1. The third kappa shape index (κ3) is 7.02. The van der Waals surface area contributed by atoms with Crippen LogP contribution in [-0.4, -0.2) is 56.0 Å². The largest absolute Gasteiger partial charge is 0.374 e. The number of aliphatic imine (C=N–C) groups is 1. The molecule has 1 aromatic rings. The monoisotopic (exact) mass is 374 g/mol. The maximum atomic E-state index is 11.8. The van der Waals surface area contributed by atoms with Crippen LogP contribution in [0.4, 0.5) is 0 Å². The second-order valence-electron chi connectivity index (χ2n) is 6.50. The van der Waals surface area contributed by atoms with Crippen LogP contribution in [0.15, 0.2) is 35.3 Å². The molecule has 1 fully saturated rings. The molecule has 27 heavy (non-hydrogen) atoms. The zero-order valence-corrected chi connectivity index (χ0v) is 16.2. The zero-order valence-electron chi connectivity index (χ0n) is 16.2. The Hall–Kier alpha value is -2.41. The molecule has 1 unspecified atom stereocenters. The van der Waals surface area contributed by atoms with Gasteiger partial charge in [0.15, 0.2) is 5.96 Å². The van der Waals surface area contributed by atoms with Gasteiger partial charge in [-0.2, -0.15) is 0 Å². The van der Waals surface area contributed by atoms with E-state index in [1.165, 1.54) is 10.5 Å². The van der Waals surface area contributed by atoms with Crippen LogP contribution in [-0.2, 0) is 14.3 Å². The Morgan fingerprint density at radius 1 is 1.15 bits per heavy atom. The van der Waals surface area contributed by atoms with Crippen molar-refractivity contribution in [3.8, 4) is 0 Å². The van der Waals surface area contributed by atoms with Gasteiger partial charge in [0.25, 0.3) is 0 Å². The summed E-state index contributed by atoms with van der Waals surface area (Å²) in [6.45, 7) is 4.28. The lowest BCUT2D eigenvalue weighted by molar-refractivity contribution is -0.147. The molecule has 1 heterocycles. The predicted octanol–water partition coefficient (Wildman–Crippen LogP) is 1.86. The second kappa shape index (κ2) is 11.3. The number of likely N-dealkylation sites (tertiary alicyclic amines) is 1. The summed E-state index contributed by atoms with van der Waals surface area (Å²) in [6, 6.07) is 10.1. The minimum Gasteiger partial charge on any atom is -0.374 e.